The molecule has 0 spiro atoms. The highest BCUT2D eigenvalue weighted by Crippen LogP contribution is 2.27. The van der Waals surface area contributed by atoms with Gasteiger partial charge in [0.15, 0.2) is 11.6 Å². The molecule has 23 heavy (non-hydrogen) atoms. The first-order valence-corrected chi connectivity index (χ1v) is 9.41. The van der Waals surface area contributed by atoms with Gasteiger partial charge in [-0.15, -0.1) is 0 Å². The largest absolute Gasteiger partial charge is 0.511 e. The maximum Gasteiger partial charge on any atom is 0.511 e. The van der Waals surface area contributed by atoms with E-state index < -0.39 is 55.3 Å². The third-order valence-corrected chi connectivity index (χ3v) is 5.57. The molecule has 0 unspecified atom stereocenters. The van der Waals surface area contributed by atoms with Crippen molar-refractivity contribution in [2.45, 2.75) is 10.4 Å². The van der Waals surface area contributed by atoms with E-state index in [9.17, 15) is 34.4 Å². The lowest BCUT2D eigenvalue weighted by molar-refractivity contribution is -0.0448. The second kappa shape index (κ2) is 7.04. The fraction of sp³-hybridized carbons (Fsp3) is 0.333. The summed E-state index contributed by atoms with van der Waals surface area (Å²) in [7, 11) is -10.2. The van der Waals surface area contributed by atoms with E-state index in [-0.39, 0.29) is 3.57 Å². The minimum absolute atomic E-state index is 0.0997. The summed E-state index contributed by atoms with van der Waals surface area (Å²) in [6, 6.07) is 1.35. The van der Waals surface area contributed by atoms with E-state index in [0.29, 0.717) is 6.07 Å². The van der Waals surface area contributed by atoms with Gasteiger partial charge in [0.05, 0.1) is 0 Å². The molecule has 0 aliphatic carbocycles. The zero-order valence-electron chi connectivity index (χ0n) is 10.8. The summed E-state index contributed by atoms with van der Waals surface area (Å²) in [5, 5.41) is 0. The van der Waals surface area contributed by atoms with Crippen LogP contribution in [0.4, 0.5) is 17.6 Å². The van der Waals surface area contributed by atoms with Crippen LogP contribution in [0.3, 0.4) is 0 Å². The molecule has 2 N–H and O–H groups in total. The molecule has 0 amide bonds. The SMILES string of the molecule is O=S(=O)(O)c1cc(F)c(OCCNS(=O)(=O)C(F)(F)F)cc1I. The van der Waals surface area contributed by atoms with E-state index in [1.165, 1.54) is 27.3 Å². The predicted molar refractivity (Wildman–Crippen MR) is 77.4 cm³/mol. The molecule has 1 rings (SSSR count). The molecule has 1 aromatic carbocycles. The molecule has 14 heteroatoms. The Labute approximate surface area is 142 Å². The molecule has 0 saturated carbocycles. The van der Waals surface area contributed by atoms with Crippen molar-refractivity contribution in [3.8, 4) is 5.75 Å². The fourth-order valence-electron chi connectivity index (χ4n) is 1.24. The number of alkyl halides is 3. The summed E-state index contributed by atoms with van der Waals surface area (Å²) in [6.07, 6.45) is 0. The molecule has 0 atom stereocenters. The van der Waals surface area contributed by atoms with Crippen molar-refractivity contribution in [3.05, 3.63) is 21.5 Å². The summed E-state index contributed by atoms with van der Waals surface area (Å²) in [6.45, 7) is -1.44. The Bertz CT molecular complexity index is 793. The number of halogens is 5. The van der Waals surface area contributed by atoms with Crippen LogP contribution in [0.25, 0.3) is 0 Å². The Kier molecular flexibility index (Phi) is 6.22. The van der Waals surface area contributed by atoms with Gasteiger partial charge in [-0.1, -0.05) is 0 Å². The molecule has 132 valence electrons. The lowest BCUT2D eigenvalue weighted by atomic mass is 10.3. The van der Waals surface area contributed by atoms with Crippen LogP contribution in [0.15, 0.2) is 17.0 Å². The van der Waals surface area contributed by atoms with Gasteiger partial charge < -0.3 is 4.74 Å². The van der Waals surface area contributed by atoms with Crippen molar-refractivity contribution in [1.82, 2.24) is 4.72 Å². The molecule has 0 aliphatic rings. The molecule has 0 fully saturated rings. The minimum atomic E-state index is -5.53. The number of rotatable bonds is 6. The second-order valence-electron chi connectivity index (χ2n) is 3.88. The molecular formula is C9H8F4INO6S2. The molecule has 0 bridgehead atoms. The molecular weight excluding hydrogens is 485 g/mol. The average molecular weight is 493 g/mol. The van der Waals surface area contributed by atoms with Crippen LogP contribution in [0.1, 0.15) is 0 Å². The Morgan fingerprint density at radius 1 is 1.22 bits per heavy atom. The van der Waals surface area contributed by atoms with Crippen LogP contribution < -0.4 is 9.46 Å². The van der Waals surface area contributed by atoms with E-state index in [0.717, 1.165) is 6.07 Å². The van der Waals surface area contributed by atoms with Gasteiger partial charge in [0.1, 0.15) is 11.5 Å². The number of nitrogens with one attached hydrogen (secondary N) is 1. The number of hydrogen-bond acceptors (Lipinski definition) is 5. The third-order valence-electron chi connectivity index (χ3n) is 2.22. The van der Waals surface area contributed by atoms with Crippen molar-refractivity contribution in [2.24, 2.45) is 0 Å². The van der Waals surface area contributed by atoms with E-state index in [1.807, 2.05) is 0 Å². The quantitative estimate of drug-likeness (QED) is 0.269. The fourth-order valence-corrected chi connectivity index (χ4v) is 3.58. The van der Waals surface area contributed by atoms with Gasteiger partial charge in [-0.2, -0.15) is 21.6 Å². The van der Waals surface area contributed by atoms with E-state index in [1.54, 1.807) is 0 Å². The van der Waals surface area contributed by atoms with Crippen molar-refractivity contribution >= 4 is 42.7 Å². The second-order valence-corrected chi connectivity index (χ2v) is 8.19. The molecule has 7 nitrogen and oxygen atoms in total. The monoisotopic (exact) mass is 493 g/mol. The number of hydrogen-bond donors (Lipinski definition) is 2. The smallest absolute Gasteiger partial charge is 0.489 e. The molecule has 0 aliphatic heterocycles. The lowest BCUT2D eigenvalue weighted by Crippen LogP contribution is -2.38. The molecule has 1 aromatic rings. The number of benzene rings is 1. The van der Waals surface area contributed by atoms with Crippen LogP contribution in [-0.4, -0.2) is 40.0 Å². The normalized spacial score (nSPS) is 13.1. The van der Waals surface area contributed by atoms with Crippen molar-refractivity contribution in [3.63, 3.8) is 0 Å². The Morgan fingerprint density at radius 3 is 2.26 bits per heavy atom. The number of ether oxygens (including phenoxy) is 1. The topological polar surface area (TPSA) is 110 Å². The standard InChI is InChI=1S/C9H8F4INO6S2/c10-5-3-8(22(16,17)18)6(14)4-7(5)21-2-1-15-23(19,20)9(11,12)13/h3-4,15H,1-2H2,(H,16,17,18). The zero-order valence-corrected chi connectivity index (χ0v) is 14.6. The minimum Gasteiger partial charge on any atom is -0.489 e. The maximum atomic E-state index is 13.6. The van der Waals surface area contributed by atoms with Crippen molar-refractivity contribution in [1.29, 1.82) is 0 Å². The Morgan fingerprint density at radius 2 is 1.78 bits per heavy atom. The Balaban J connectivity index is 2.76. The van der Waals surface area contributed by atoms with E-state index in [4.69, 9.17) is 9.29 Å². The van der Waals surface area contributed by atoms with Gasteiger partial charge in [-0.25, -0.2) is 17.5 Å². The van der Waals surface area contributed by atoms with Crippen LogP contribution >= 0.6 is 22.6 Å². The first-order valence-electron chi connectivity index (χ1n) is 5.41. The van der Waals surface area contributed by atoms with E-state index >= 15 is 0 Å². The first kappa shape index (κ1) is 20.3. The highest BCUT2D eigenvalue weighted by atomic mass is 127. The first-order chi connectivity index (χ1) is 10.3. The Hall–Kier alpha value is -0.710. The van der Waals surface area contributed by atoms with Gasteiger partial charge in [-0.05, 0) is 34.7 Å². The summed E-state index contributed by atoms with van der Waals surface area (Å²) < 4.78 is 108. The third kappa shape index (κ3) is 5.40. The average Bonchev–Trinajstić information content (AvgIpc) is 2.35. The maximum absolute atomic E-state index is 13.6. The highest BCUT2D eigenvalue weighted by Gasteiger charge is 2.45. The van der Waals surface area contributed by atoms with Crippen LogP contribution in [-0.2, 0) is 20.1 Å². The van der Waals surface area contributed by atoms with Gasteiger partial charge in [0.25, 0.3) is 10.1 Å². The van der Waals surface area contributed by atoms with Gasteiger partial charge in [0.2, 0.25) is 0 Å². The van der Waals surface area contributed by atoms with Crippen molar-refractivity contribution < 1.29 is 43.7 Å². The van der Waals surface area contributed by atoms with Crippen LogP contribution in [0.5, 0.6) is 5.75 Å². The summed E-state index contributed by atoms with van der Waals surface area (Å²) in [4.78, 5) is -0.708. The van der Waals surface area contributed by atoms with Gasteiger partial charge >= 0.3 is 15.5 Å². The van der Waals surface area contributed by atoms with E-state index in [2.05, 4.69) is 0 Å². The van der Waals surface area contributed by atoms with Crippen molar-refractivity contribution in [2.75, 3.05) is 13.2 Å². The molecule has 0 saturated heterocycles. The van der Waals surface area contributed by atoms with Gasteiger partial charge in [0, 0.05) is 10.1 Å². The highest BCUT2D eigenvalue weighted by molar-refractivity contribution is 14.1. The summed E-state index contributed by atoms with van der Waals surface area (Å²) in [5.74, 6) is -1.72. The lowest BCUT2D eigenvalue weighted by Gasteiger charge is -2.11. The summed E-state index contributed by atoms with van der Waals surface area (Å²) in [5.41, 5.74) is -5.48. The predicted octanol–water partition coefficient (Wildman–Crippen LogP) is 1.50. The zero-order chi connectivity index (χ0) is 18.1. The summed E-state index contributed by atoms with van der Waals surface area (Å²) >= 11 is 1.47. The number of sulfonamides is 1. The molecule has 0 aromatic heterocycles. The van der Waals surface area contributed by atoms with Crippen LogP contribution in [0.2, 0.25) is 0 Å². The molecule has 0 heterocycles. The van der Waals surface area contributed by atoms with Crippen LogP contribution in [0, 0.1) is 9.39 Å². The molecule has 0 radical (unpaired) electrons. The van der Waals surface area contributed by atoms with Gasteiger partial charge in [-0.3, -0.25) is 4.55 Å².